The molecule has 1 saturated heterocycles. The predicted molar refractivity (Wildman–Crippen MR) is 94.6 cm³/mol. The minimum absolute atomic E-state index is 0.0975. The average molecular weight is 351 g/mol. The van der Waals surface area contributed by atoms with Gasteiger partial charge in [0.25, 0.3) is 0 Å². The molecule has 0 saturated carbocycles. The molecule has 0 unspecified atom stereocenters. The lowest BCUT2D eigenvalue weighted by atomic mass is 10.1. The number of hydrogen-bond donors (Lipinski definition) is 0. The molecule has 1 fully saturated rings. The van der Waals surface area contributed by atoms with Gasteiger partial charge < -0.3 is 4.90 Å². The molecule has 0 aromatic heterocycles. The van der Waals surface area contributed by atoms with Gasteiger partial charge in [0.15, 0.2) is 0 Å². The zero-order chi connectivity index (χ0) is 17.3. The van der Waals surface area contributed by atoms with Gasteiger partial charge in [0, 0.05) is 31.4 Å². The number of hydrogen-bond acceptors (Lipinski definition) is 4. The summed E-state index contributed by atoms with van der Waals surface area (Å²) in [5, 5.41) is 0. The average Bonchev–Trinajstić information content (AvgIpc) is 2.67. The largest absolute Gasteiger partial charge is 0.308 e. The second-order valence-corrected chi connectivity index (χ2v) is 8.72. The van der Waals surface area contributed by atoms with Crippen molar-refractivity contribution in [3.05, 3.63) is 29.8 Å². The van der Waals surface area contributed by atoms with Gasteiger partial charge >= 0.3 is 0 Å². The van der Waals surface area contributed by atoms with E-state index in [0.717, 1.165) is 25.1 Å². The third-order valence-electron chi connectivity index (χ3n) is 4.85. The van der Waals surface area contributed by atoms with Crippen LogP contribution >= 0.6 is 0 Å². The number of sulfonamides is 1. The van der Waals surface area contributed by atoms with Crippen LogP contribution in [-0.2, 0) is 21.2 Å². The zero-order valence-electron chi connectivity index (χ0n) is 14.3. The van der Waals surface area contributed by atoms with E-state index < -0.39 is 10.0 Å². The van der Waals surface area contributed by atoms with Crippen LogP contribution in [0.15, 0.2) is 24.3 Å². The lowest BCUT2D eigenvalue weighted by molar-refractivity contribution is -0.120. The molecule has 132 valence electrons. The molecule has 0 N–H and O–H groups in total. The summed E-state index contributed by atoms with van der Waals surface area (Å²) in [7, 11) is -3.15. The molecule has 1 aromatic carbocycles. The van der Waals surface area contributed by atoms with Crippen molar-refractivity contribution < 1.29 is 13.2 Å². The molecule has 7 heteroatoms. The highest BCUT2D eigenvalue weighted by atomic mass is 32.2. The minimum atomic E-state index is -3.15. The van der Waals surface area contributed by atoms with Gasteiger partial charge in [0.2, 0.25) is 15.9 Å². The normalized spacial score (nSPS) is 23.1. The first-order chi connectivity index (χ1) is 11.4. The number of carbonyl (C=O) groups is 1. The number of rotatable bonds is 3. The van der Waals surface area contributed by atoms with Crippen LogP contribution in [0.4, 0.5) is 5.69 Å². The Hall–Kier alpha value is -1.44. The van der Waals surface area contributed by atoms with E-state index in [4.69, 9.17) is 0 Å². The molecule has 0 radical (unpaired) electrons. The summed E-state index contributed by atoms with van der Waals surface area (Å²) in [6.07, 6.45) is 2.90. The van der Waals surface area contributed by atoms with Crippen LogP contribution in [0.25, 0.3) is 0 Å². The molecule has 0 spiro atoms. The molecular formula is C17H25N3O3S. The van der Waals surface area contributed by atoms with E-state index in [-0.39, 0.29) is 11.9 Å². The van der Waals surface area contributed by atoms with Crippen molar-refractivity contribution in [1.82, 2.24) is 9.21 Å². The van der Waals surface area contributed by atoms with E-state index >= 15 is 0 Å². The van der Waals surface area contributed by atoms with Gasteiger partial charge in [-0.25, -0.2) is 12.7 Å². The molecule has 6 nitrogen and oxygen atoms in total. The molecule has 1 amide bonds. The topological polar surface area (TPSA) is 60.9 Å². The molecule has 2 aliphatic rings. The number of fused-ring (bicyclic) bond motifs is 1. The van der Waals surface area contributed by atoms with Crippen molar-refractivity contribution >= 4 is 21.6 Å². The van der Waals surface area contributed by atoms with Crippen LogP contribution in [0.3, 0.4) is 0 Å². The molecule has 2 heterocycles. The second kappa shape index (κ2) is 6.82. The summed E-state index contributed by atoms with van der Waals surface area (Å²) in [5.41, 5.74) is 2.24. The number of carbonyl (C=O) groups excluding carboxylic acids is 1. The Morgan fingerprint density at radius 2 is 1.92 bits per heavy atom. The van der Waals surface area contributed by atoms with Gasteiger partial charge in [0.1, 0.15) is 0 Å². The SMILES string of the molecule is C[C@@H]1Cc2ccccc2N1C(=O)CN1CCCN(S(C)(=O)=O)CC1. The quantitative estimate of drug-likeness (QED) is 0.813. The first-order valence-corrected chi connectivity index (χ1v) is 10.3. The van der Waals surface area contributed by atoms with Crippen molar-refractivity contribution in [2.45, 2.75) is 25.8 Å². The molecule has 0 aliphatic carbocycles. The van der Waals surface area contributed by atoms with Crippen LogP contribution < -0.4 is 4.90 Å². The van der Waals surface area contributed by atoms with Gasteiger partial charge in [-0.2, -0.15) is 0 Å². The van der Waals surface area contributed by atoms with Crippen molar-refractivity contribution in [3.63, 3.8) is 0 Å². The van der Waals surface area contributed by atoms with Crippen molar-refractivity contribution in [1.29, 1.82) is 0 Å². The second-order valence-electron chi connectivity index (χ2n) is 6.74. The van der Waals surface area contributed by atoms with Crippen molar-refractivity contribution in [3.8, 4) is 0 Å². The van der Waals surface area contributed by atoms with Gasteiger partial charge in [-0.1, -0.05) is 18.2 Å². The maximum atomic E-state index is 12.8. The third kappa shape index (κ3) is 3.63. The predicted octanol–water partition coefficient (Wildman–Crippen LogP) is 0.932. The van der Waals surface area contributed by atoms with E-state index in [1.165, 1.54) is 16.1 Å². The molecule has 1 atom stereocenters. The summed E-state index contributed by atoms with van der Waals surface area (Å²) >= 11 is 0. The highest BCUT2D eigenvalue weighted by Crippen LogP contribution is 2.31. The number of anilines is 1. The van der Waals surface area contributed by atoms with Crippen LogP contribution in [0, 0.1) is 0 Å². The maximum absolute atomic E-state index is 12.8. The molecular weight excluding hydrogens is 326 g/mol. The van der Waals surface area contributed by atoms with Crippen LogP contribution in [0.1, 0.15) is 18.9 Å². The number of benzene rings is 1. The van der Waals surface area contributed by atoms with Gasteiger partial charge in [-0.3, -0.25) is 9.69 Å². The summed E-state index contributed by atoms with van der Waals surface area (Å²) in [5.74, 6) is 0.0975. The molecule has 1 aromatic rings. The fraction of sp³-hybridized carbons (Fsp3) is 0.588. The summed E-state index contributed by atoms with van der Waals surface area (Å²) in [4.78, 5) is 16.8. The molecule has 2 aliphatic heterocycles. The standard InChI is InChI=1S/C17H25N3O3S/c1-14-12-15-6-3-4-7-16(15)20(14)17(21)13-18-8-5-9-19(11-10-18)24(2,22)23/h3-4,6-7,14H,5,8-13H2,1-2H3/t14-/m1/s1. The zero-order valence-corrected chi connectivity index (χ0v) is 15.1. The van der Waals surface area contributed by atoms with E-state index in [9.17, 15) is 13.2 Å². The number of para-hydroxylation sites is 1. The monoisotopic (exact) mass is 351 g/mol. The fourth-order valence-corrected chi connectivity index (χ4v) is 4.52. The van der Waals surface area contributed by atoms with E-state index in [0.29, 0.717) is 26.2 Å². The van der Waals surface area contributed by atoms with Gasteiger partial charge in [-0.05, 0) is 37.9 Å². The van der Waals surface area contributed by atoms with Crippen molar-refractivity contribution in [2.75, 3.05) is 43.9 Å². The highest BCUT2D eigenvalue weighted by Gasteiger charge is 2.31. The smallest absolute Gasteiger partial charge is 0.241 e. The Balaban J connectivity index is 1.65. The Morgan fingerprint density at radius 1 is 1.17 bits per heavy atom. The number of amides is 1. The van der Waals surface area contributed by atoms with E-state index in [1.54, 1.807) is 0 Å². The first kappa shape index (κ1) is 17.4. The summed E-state index contributed by atoms with van der Waals surface area (Å²) in [6.45, 7) is 4.76. The number of nitrogens with zero attached hydrogens (tertiary/aromatic N) is 3. The summed E-state index contributed by atoms with van der Waals surface area (Å²) in [6, 6.07) is 8.23. The molecule has 3 rings (SSSR count). The van der Waals surface area contributed by atoms with Crippen LogP contribution in [0.2, 0.25) is 0 Å². The molecule has 24 heavy (non-hydrogen) atoms. The lowest BCUT2D eigenvalue weighted by Gasteiger charge is -2.27. The van der Waals surface area contributed by atoms with Crippen molar-refractivity contribution in [2.24, 2.45) is 0 Å². The Bertz CT molecular complexity index is 720. The first-order valence-electron chi connectivity index (χ1n) is 8.43. The Kier molecular flexibility index (Phi) is 4.94. The Labute approximate surface area is 144 Å². The van der Waals surface area contributed by atoms with E-state index in [2.05, 4.69) is 17.9 Å². The molecule has 0 bridgehead atoms. The van der Waals surface area contributed by atoms with Gasteiger partial charge in [-0.15, -0.1) is 0 Å². The Morgan fingerprint density at radius 3 is 2.67 bits per heavy atom. The fourth-order valence-electron chi connectivity index (χ4n) is 3.65. The van der Waals surface area contributed by atoms with E-state index in [1.807, 2.05) is 23.1 Å². The minimum Gasteiger partial charge on any atom is -0.308 e. The highest BCUT2D eigenvalue weighted by molar-refractivity contribution is 7.88. The van der Waals surface area contributed by atoms with Crippen LogP contribution in [-0.4, -0.2) is 68.6 Å². The summed E-state index contributed by atoms with van der Waals surface area (Å²) < 4.78 is 24.9. The third-order valence-corrected chi connectivity index (χ3v) is 6.15. The van der Waals surface area contributed by atoms with Gasteiger partial charge in [0.05, 0.1) is 12.8 Å². The lowest BCUT2D eigenvalue weighted by Crippen LogP contribution is -2.44. The maximum Gasteiger partial charge on any atom is 0.241 e. The van der Waals surface area contributed by atoms with Crippen LogP contribution in [0.5, 0.6) is 0 Å².